The normalized spacial score (nSPS) is 23.9. The van der Waals surface area contributed by atoms with Gasteiger partial charge >= 0.3 is 0 Å². The average Bonchev–Trinajstić information content (AvgIpc) is 3.42. The first kappa shape index (κ1) is 21.9. The molecule has 1 heterocycles. The Hall–Kier alpha value is -1.82. The van der Waals surface area contributed by atoms with Crippen LogP contribution in [0.4, 0.5) is 0 Å². The number of carbonyl (C=O) groups is 3. The lowest BCUT2D eigenvalue weighted by Gasteiger charge is -2.30. The summed E-state index contributed by atoms with van der Waals surface area (Å²) in [5, 5.41) is 0. The van der Waals surface area contributed by atoms with E-state index in [0.717, 1.165) is 56.9 Å². The highest BCUT2D eigenvalue weighted by atomic mass is 32.2. The molecule has 1 saturated heterocycles. The number of hydrogen-bond donors (Lipinski definition) is 0. The fourth-order valence-electron chi connectivity index (χ4n) is 4.42. The number of nitrogens with zero attached hydrogens (tertiary/aromatic N) is 2. The van der Waals surface area contributed by atoms with Gasteiger partial charge in [0.1, 0.15) is 6.29 Å². The average molecular weight is 417 g/mol. The second-order valence-electron chi connectivity index (χ2n) is 8.11. The van der Waals surface area contributed by atoms with Crippen molar-refractivity contribution in [3.8, 4) is 0 Å². The van der Waals surface area contributed by atoms with Crippen molar-refractivity contribution in [2.45, 2.75) is 58.0 Å². The smallest absolute Gasteiger partial charge is 0.227 e. The van der Waals surface area contributed by atoms with Gasteiger partial charge in [0.2, 0.25) is 11.8 Å². The molecular formula is C23H32N2O3S. The van der Waals surface area contributed by atoms with Gasteiger partial charge in [0.25, 0.3) is 0 Å². The van der Waals surface area contributed by atoms with Crippen LogP contribution in [0.1, 0.15) is 51.0 Å². The lowest BCUT2D eigenvalue weighted by Crippen LogP contribution is -2.45. The molecular weight excluding hydrogens is 384 g/mol. The van der Waals surface area contributed by atoms with Crippen LogP contribution in [0.15, 0.2) is 30.3 Å². The van der Waals surface area contributed by atoms with Gasteiger partial charge in [0.15, 0.2) is 0 Å². The van der Waals surface area contributed by atoms with Crippen LogP contribution in [-0.4, -0.2) is 52.1 Å². The highest BCUT2D eigenvalue weighted by Crippen LogP contribution is 2.36. The summed E-state index contributed by atoms with van der Waals surface area (Å²) in [5.74, 6) is 0.784. The Balaban J connectivity index is 1.72. The Morgan fingerprint density at radius 1 is 1.17 bits per heavy atom. The highest BCUT2D eigenvalue weighted by molar-refractivity contribution is 7.99. The molecule has 1 saturated carbocycles. The number of thioether (sulfide) groups is 1. The van der Waals surface area contributed by atoms with Crippen LogP contribution in [0.3, 0.4) is 0 Å². The molecule has 2 fully saturated rings. The molecule has 0 bridgehead atoms. The van der Waals surface area contributed by atoms with Gasteiger partial charge in [-0.15, -0.1) is 11.8 Å². The molecule has 6 heteroatoms. The van der Waals surface area contributed by atoms with E-state index in [0.29, 0.717) is 18.2 Å². The molecule has 2 amide bonds. The molecule has 158 valence electrons. The Bertz CT molecular complexity index is 697. The minimum atomic E-state index is -0.339. The van der Waals surface area contributed by atoms with Crippen LogP contribution in [0.5, 0.6) is 0 Å². The fraction of sp³-hybridized carbons (Fsp3) is 0.609. The number of amides is 2. The first-order valence-electron chi connectivity index (χ1n) is 10.8. The van der Waals surface area contributed by atoms with Crippen molar-refractivity contribution in [3.63, 3.8) is 0 Å². The van der Waals surface area contributed by atoms with E-state index in [9.17, 15) is 14.4 Å². The van der Waals surface area contributed by atoms with E-state index in [1.165, 1.54) is 0 Å². The molecule has 0 radical (unpaired) electrons. The molecule has 29 heavy (non-hydrogen) atoms. The molecule has 2 aliphatic rings. The Kier molecular flexibility index (Phi) is 8.16. The van der Waals surface area contributed by atoms with Gasteiger partial charge in [0, 0.05) is 30.7 Å². The molecule has 5 nitrogen and oxygen atoms in total. The molecule has 1 aromatic rings. The van der Waals surface area contributed by atoms with Gasteiger partial charge in [-0.05, 0) is 24.8 Å². The SMILES string of the molecule is CCCCCN(Cc1ccccc1)C(=O)C1CCCC1C(=O)N1CSC[C@H]1C=O. The summed E-state index contributed by atoms with van der Waals surface area (Å²) in [6.07, 6.45) is 6.46. The van der Waals surface area contributed by atoms with Gasteiger partial charge in [-0.25, -0.2) is 0 Å². The molecule has 1 aromatic carbocycles. The summed E-state index contributed by atoms with van der Waals surface area (Å²) < 4.78 is 0. The largest absolute Gasteiger partial charge is 0.338 e. The van der Waals surface area contributed by atoms with E-state index < -0.39 is 0 Å². The van der Waals surface area contributed by atoms with Gasteiger partial charge in [-0.3, -0.25) is 9.59 Å². The summed E-state index contributed by atoms with van der Waals surface area (Å²) in [5.41, 5.74) is 1.12. The quantitative estimate of drug-likeness (QED) is 0.455. The van der Waals surface area contributed by atoms with Crippen LogP contribution in [-0.2, 0) is 20.9 Å². The zero-order valence-electron chi connectivity index (χ0n) is 17.3. The molecule has 0 spiro atoms. The minimum Gasteiger partial charge on any atom is -0.338 e. The summed E-state index contributed by atoms with van der Waals surface area (Å²) in [7, 11) is 0. The molecule has 3 rings (SSSR count). The zero-order chi connectivity index (χ0) is 20.6. The zero-order valence-corrected chi connectivity index (χ0v) is 18.1. The highest BCUT2D eigenvalue weighted by Gasteiger charge is 2.43. The van der Waals surface area contributed by atoms with Crippen molar-refractivity contribution in [3.05, 3.63) is 35.9 Å². The van der Waals surface area contributed by atoms with Crippen molar-refractivity contribution in [2.75, 3.05) is 18.2 Å². The van der Waals surface area contributed by atoms with E-state index in [2.05, 4.69) is 6.92 Å². The molecule has 1 aliphatic carbocycles. The maximum absolute atomic E-state index is 13.5. The van der Waals surface area contributed by atoms with Crippen molar-refractivity contribution >= 4 is 29.9 Å². The molecule has 0 N–H and O–H groups in total. The summed E-state index contributed by atoms with van der Waals surface area (Å²) in [6, 6.07) is 9.73. The van der Waals surface area contributed by atoms with E-state index in [1.807, 2.05) is 35.2 Å². The summed E-state index contributed by atoms with van der Waals surface area (Å²) >= 11 is 1.61. The van der Waals surface area contributed by atoms with E-state index in [4.69, 9.17) is 0 Å². The predicted molar refractivity (Wildman–Crippen MR) is 116 cm³/mol. The molecule has 2 unspecified atom stereocenters. The number of benzene rings is 1. The van der Waals surface area contributed by atoms with E-state index in [-0.39, 0.29) is 29.7 Å². The van der Waals surface area contributed by atoms with Crippen LogP contribution in [0.25, 0.3) is 0 Å². The number of hydrogen-bond acceptors (Lipinski definition) is 4. The second kappa shape index (κ2) is 10.8. The number of aldehydes is 1. The molecule has 1 aliphatic heterocycles. The fourth-order valence-corrected chi connectivity index (χ4v) is 5.54. The number of unbranched alkanes of at least 4 members (excludes halogenated alkanes) is 2. The van der Waals surface area contributed by atoms with Crippen LogP contribution < -0.4 is 0 Å². The van der Waals surface area contributed by atoms with Crippen LogP contribution in [0, 0.1) is 11.8 Å². The standard InChI is InChI=1S/C23H32N2O3S/c1-2-3-7-13-24(14-18-9-5-4-6-10-18)22(27)20-11-8-12-21(20)23(28)25-17-29-16-19(25)15-26/h4-6,9-10,15,19-21H,2-3,7-8,11-14,16-17H2,1H3/t19-,20?,21?/m1/s1. The van der Waals surface area contributed by atoms with Gasteiger partial charge < -0.3 is 14.6 Å². The monoisotopic (exact) mass is 416 g/mol. The Morgan fingerprint density at radius 3 is 2.66 bits per heavy atom. The van der Waals surface area contributed by atoms with Gasteiger partial charge in [0.05, 0.1) is 11.9 Å². The predicted octanol–water partition coefficient (Wildman–Crippen LogP) is 3.72. The third-order valence-electron chi connectivity index (χ3n) is 6.07. The van der Waals surface area contributed by atoms with Crippen molar-refractivity contribution in [2.24, 2.45) is 11.8 Å². The van der Waals surface area contributed by atoms with Crippen LogP contribution in [0.2, 0.25) is 0 Å². The lowest BCUT2D eigenvalue weighted by atomic mass is 9.92. The van der Waals surface area contributed by atoms with Gasteiger partial charge in [-0.1, -0.05) is 56.5 Å². The van der Waals surface area contributed by atoms with Crippen molar-refractivity contribution < 1.29 is 14.4 Å². The van der Waals surface area contributed by atoms with Crippen molar-refractivity contribution in [1.82, 2.24) is 9.80 Å². The number of carbonyl (C=O) groups excluding carboxylic acids is 3. The first-order valence-corrected chi connectivity index (χ1v) is 12.0. The minimum absolute atomic E-state index is 0.00355. The topological polar surface area (TPSA) is 57.7 Å². The second-order valence-corrected chi connectivity index (χ2v) is 9.11. The maximum Gasteiger partial charge on any atom is 0.227 e. The Labute approximate surface area is 178 Å². The maximum atomic E-state index is 13.5. The third-order valence-corrected chi connectivity index (χ3v) is 7.11. The van der Waals surface area contributed by atoms with Crippen molar-refractivity contribution in [1.29, 1.82) is 0 Å². The first-order chi connectivity index (χ1) is 14.2. The number of rotatable bonds is 9. The molecule has 0 aromatic heterocycles. The molecule has 3 atom stereocenters. The van der Waals surface area contributed by atoms with Gasteiger partial charge in [-0.2, -0.15) is 0 Å². The van der Waals surface area contributed by atoms with E-state index >= 15 is 0 Å². The van der Waals surface area contributed by atoms with E-state index in [1.54, 1.807) is 16.7 Å². The lowest BCUT2D eigenvalue weighted by molar-refractivity contribution is -0.146. The third kappa shape index (κ3) is 5.41. The Morgan fingerprint density at radius 2 is 1.93 bits per heavy atom. The summed E-state index contributed by atoms with van der Waals surface area (Å²) in [4.78, 5) is 41.6. The van der Waals surface area contributed by atoms with Crippen LogP contribution >= 0.6 is 11.8 Å². The summed E-state index contributed by atoms with van der Waals surface area (Å²) in [6.45, 7) is 3.49.